The van der Waals surface area contributed by atoms with Gasteiger partial charge in [0.25, 0.3) is 0 Å². The van der Waals surface area contributed by atoms with Crippen LogP contribution in [0.4, 0.5) is 8.78 Å². The molecule has 0 bridgehead atoms. The first-order valence-corrected chi connectivity index (χ1v) is 7.44. The first-order chi connectivity index (χ1) is 10.2. The van der Waals surface area contributed by atoms with Crippen molar-refractivity contribution in [1.82, 2.24) is 5.32 Å². The molecule has 0 aliphatic heterocycles. The summed E-state index contributed by atoms with van der Waals surface area (Å²) in [5.41, 5.74) is 3.15. The lowest BCUT2D eigenvalue weighted by Crippen LogP contribution is -2.41. The van der Waals surface area contributed by atoms with E-state index in [4.69, 9.17) is 0 Å². The number of hydrogen-bond donors (Lipinski definition) is 1. The first-order valence-electron chi connectivity index (χ1n) is 7.44. The van der Waals surface area contributed by atoms with E-state index in [1.54, 1.807) is 12.1 Å². The normalized spacial score (nSPS) is 18.0. The summed E-state index contributed by atoms with van der Waals surface area (Å²) < 4.78 is 27.2. The summed E-state index contributed by atoms with van der Waals surface area (Å²) in [4.78, 5) is 0. The summed E-state index contributed by atoms with van der Waals surface area (Å²) in [6, 6.07) is 12.9. The van der Waals surface area contributed by atoms with Gasteiger partial charge in [-0.1, -0.05) is 43.3 Å². The van der Waals surface area contributed by atoms with Crippen LogP contribution in [0, 0.1) is 11.6 Å². The highest BCUT2D eigenvalue weighted by atomic mass is 19.2. The Balaban J connectivity index is 1.82. The molecule has 0 fully saturated rings. The fraction of sp³-hybridized carbons (Fsp3) is 0.333. The van der Waals surface area contributed by atoms with Crippen molar-refractivity contribution >= 4 is 0 Å². The van der Waals surface area contributed by atoms with Crippen LogP contribution < -0.4 is 5.32 Å². The molecular formula is C18H19F2N. The maximum atomic E-state index is 13.9. The van der Waals surface area contributed by atoms with Crippen LogP contribution in [0.3, 0.4) is 0 Å². The fourth-order valence-corrected chi connectivity index (χ4v) is 3.22. The fourth-order valence-electron chi connectivity index (χ4n) is 3.22. The molecule has 3 rings (SSSR count). The largest absolute Gasteiger partial charge is 0.313 e. The van der Waals surface area contributed by atoms with Crippen molar-refractivity contribution in [3.63, 3.8) is 0 Å². The molecule has 1 aliphatic carbocycles. The van der Waals surface area contributed by atoms with Crippen LogP contribution >= 0.6 is 0 Å². The minimum Gasteiger partial charge on any atom is -0.313 e. The molecule has 1 N–H and O–H groups in total. The van der Waals surface area contributed by atoms with E-state index in [9.17, 15) is 8.78 Å². The van der Waals surface area contributed by atoms with Gasteiger partial charge in [-0.05, 0) is 42.1 Å². The minimum atomic E-state index is -0.767. The number of nitrogens with one attached hydrogen (secondary N) is 1. The molecule has 0 spiro atoms. The van der Waals surface area contributed by atoms with Gasteiger partial charge < -0.3 is 5.32 Å². The van der Waals surface area contributed by atoms with Crippen LogP contribution in [0.15, 0.2) is 42.5 Å². The standard InChI is InChI=1S/C18H19F2N/c1-2-21-17(11-13-7-5-9-16(19)18(13)20)15-10-12-6-3-4-8-14(12)15/h3-9,15,17,21H,2,10-11H2,1H3. The Kier molecular flexibility index (Phi) is 4.02. The monoisotopic (exact) mass is 287 g/mol. The van der Waals surface area contributed by atoms with Crippen molar-refractivity contribution < 1.29 is 8.78 Å². The van der Waals surface area contributed by atoms with Gasteiger partial charge in [-0.25, -0.2) is 8.78 Å². The Morgan fingerprint density at radius 2 is 1.95 bits per heavy atom. The molecule has 0 saturated heterocycles. The molecule has 110 valence electrons. The van der Waals surface area contributed by atoms with Gasteiger partial charge in [0.15, 0.2) is 11.6 Å². The number of rotatable bonds is 5. The molecule has 0 radical (unpaired) electrons. The number of hydrogen-bond acceptors (Lipinski definition) is 1. The van der Waals surface area contributed by atoms with E-state index in [1.807, 2.05) is 19.1 Å². The Morgan fingerprint density at radius 1 is 1.14 bits per heavy atom. The van der Waals surface area contributed by atoms with Crippen LogP contribution in [-0.4, -0.2) is 12.6 Å². The van der Waals surface area contributed by atoms with Gasteiger partial charge in [-0.15, -0.1) is 0 Å². The predicted octanol–water partition coefficient (Wildman–Crippen LogP) is 3.83. The molecule has 2 aromatic rings. The molecule has 0 saturated carbocycles. The van der Waals surface area contributed by atoms with E-state index in [2.05, 4.69) is 17.4 Å². The minimum absolute atomic E-state index is 0.140. The summed E-state index contributed by atoms with van der Waals surface area (Å²) in [5.74, 6) is -1.10. The highest BCUT2D eigenvalue weighted by Crippen LogP contribution is 2.38. The van der Waals surface area contributed by atoms with E-state index in [0.717, 1.165) is 13.0 Å². The van der Waals surface area contributed by atoms with E-state index in [1.165, 1.54) is 17.2 Å². The van der Waals surface area contributed by atoms with Gasteiger partial charge >= 0.3 is 0 Å². The van der Waals surface area contributed by atoms with Crippen molar-refractivity contribution in [2.75, 3.05) is 6.54 Å². The molecule has 1 aliphatic rings. The lowest BCUT2D eigenvalue weighted by Gasteiger charge is -2.37. The van der Waals surface area contributed by atoms with E-state index in [-0.39, 0.29) is 6.04 Å². The van der Waals surface area contributed by atoms with Crippen LogP contribution in [0.25, 0.3) is 0 Å². The lowest BCUT2D eigenvalue weighted by molar-refractivity contribution is 0.396. The molecule has 21 heavy (non-hydrogen) atoms. The van der Waals surface area contributed by atoms with Gasteiger partial charge in [0, 0.05) is 12.0 Å². The van der Waals surface area contributed by atoms with Gasteiger partial charge in [-0.2, -0.15) is 0 Å². The molecular weight excluding hydrogens is 268 g/mol. The summed E-state index contributed by atoms with van der Waals surface area (Å²) in [7, 11) is 0. The van der Waals surface area contributed by atoms with Gasteiger partial charge in [0.05, 0.1) is 0 Å². The van der Waals surface area contributed by atoms with Crippen molar-refractivity contribution in [3.05, 3.63) is 70.8 Å². The summed E-state index contributed by atoms with van der Waals surface area (Å²) in [6.07, 6.45) is 1.52. The zero-order valence-corrected chi connectivity index (χ0v) is 12.1. The second-order valence-corrected chi connectivity index (χ2v) is 5.59. The Labute approximate surface area is 124 Å². The highest BCUT2D eigenvalue weighted by molar-refractivity contribution is 5.41. The molecule has 0 heterocycles. The predicted molar refractivity (Wildman–Crippen MR) is 80.4 cm³/mol. The second kappa shape index (κ2) is 5.94. The number of halogens is 2. The molecule has 2 aromatic carbocycles. The maximum absolute atomic E-state index is 13.9. The smallest absolute Gasteiger partial charge is 0.162 e. The van der Waals surface area contributed by atoms with Crippen LogP contribution in [0.1, 0.15) is 29.5 Å². The molecule has 2 atom stereocenters. The van der Waals surface area contributed by atoms with Crippen LogP contribution in [0.5, 0.6) is 0 Å². The third kappa shape index (κ3) is 2.70. The maximum Gasteiger partial charge on any atom is 0.162 e. The first kappa shape index (κ1) is 14.2. The Hall–Kier alpha value is -1.74. The average molecular weight is 287 g/mol. The second-order valence-electron chi connectivity index (χ2n) is 5.59. The lowest BCUT2D eigenvalue weighted by atomic mass is 9.72. The van der Waals surface area contributed by atoms with E-state index >= 15 is 0 Å². The quantitative estimate of drug-likeness (QED) is 0.881. The zero-order valence-electron chi connectivity index (χ0n) is 12.1. The third-order valence-electron chi connectivity index (χ3n) is 4.32. The van der Waals surface area contributed by atoms with Crippen molar-refractivity contribution in [2.24, 2.45) is 0 Å². The summed E-state index contributed by atoms with van der Waals surface area (Å²) in [5, 5.41) is 3.43. The van der Waals surface area contributed by atoms with Crippen LogP contribution in [-0.2, 0) is 12.8 Å². The summed E-state index contributed by atoms with van der Waals surface area (Å²) >= 11 is 0. The molecule has 0 amide bonds. The topological polar surface area (TPSA) is 12.0 Å². The molecule has 1 nitrogen and oxygen atoms in total. The van der Waals surface area contributed by atoms with E-state index in [0.29, 0.717) is 17.9 Å². The Morgan fingerprint density at radius 3 is 2.71 bits per heavy atom. The van der Waals surface area contributed by atoms with Crippen molar-refractivity contribution in [2.45, 2.75) is 31.7 Å². The summed E-state index contributed by atoms with van der Waals surface area (Å²) in [6.45, 7) is 2.86. The molecule has 2 unspecified atom stereocenters. The molecule has 0 aromatic heterocycles. The highest BCUT2D eigenvalue weighted by Gasteiger charge is 2.32. The van der Waals surface area contributed by atoms with Crippen molar-refractivity contribution in [3.8, 4) is 0 Å². The zero-order chi connectivity index (χ0) is 14.8. The van der Waals surface area contributed by atoms with Crippen molar-refractivity contribution in [1.29, 1.82) is 0 Å². The number of likely N-dealkylation sites (N-methyl/N-ethyl adjacent to an activating group) is 1. The number of fused-ring (bicyclic) bond motifs is 1. The van der Waals surface area contributed by atoms with E-state index < -0.39 is 11.6 Å². The Bertz CT molecular complexity index is 639. The van der Waals surface area contributed by atoms with Gasteiger partial charge in [0.1, 0.15) is 0 Å². The SMILES string of the molecule is CCNC(Cc1cccc(F)c1F)C1Cc2ccccc21. The molecule has 3 heteroatoms. The van der Waals surface area contributed by atoms with Gasteiger partial charge in [-0.3, -0.25) is 0 Å². The van der Waals surface area contributed by atoms with Crippen LogP contribution in [0.2, 0.25) is 0 Å². The third-order valence-corrected chi connectivity index (χ3v) is 4.32. The average Bonchev–Trinajstić information content (AvgIpc) is 2.45. The van der Waals surface area contributed by atoms with Gasteiger partial charge in [0.2, 0.25) is 0 Å². The number of benzene rings is 2.